The Bertz CT molecular complexity index is 661. The van der Waals surface area contributed by atoms with E-state index in [1.54, 1.807) is 0 Å². The molecule has 112 valence electrons. The van der Waals surface area contributed by atoms with Gasteiger partial charge in [0.25, 0.3) is 0 Å². The molecule has 0 saturated carbocycles. The van der Waals surface area contributed by atoms with Crippen LogP contribution in [0.3, 0.4) is 0 Å². The monoisotopic (exact) mass is 291 g/mol. The normalized spacial score (nSPS) is 12.3. The number of carbonyl (C=O) groups is 2. The minimum atomic E-state index is -1.13. The van der Waals surface area contributed by atoms with E-state index >= 15 is 0 Å². The first kappa shape index (κ1) is 15.1. The second-order valence-electron chi connectivity index (χ2n) is 4.85. The number of carboxylic acids is 1. The van der Waals surface area contributed by atoms with Gasteiger partial charge < -0.3 is 19.6 Å². The summed E-state index contributed by atoms with van der Waals surface area (Å²) >= 11 is 0. The van der Waals surface area contributed by atoms with Gasteiger partial charge >= 0.3 is 5.97 Å². The second-order valence-corrected chi connectivity index (χ2v) is 4.85. The summed E-state index contributed by atoms with van der Waals surface area (Å²) in [6.45, 7) is 1.88. The summed E-state index contributed by atoms with van der Waals surface area (Å²) in [5.74, 6) is -1.51. The molecular formula is C15H17NO5. The van der Waals surface area contributed by atoms with Gasteiger partial charge in [-0.05, 0) is 18.6 Å². The van der Waals surface area contributed by atoms with Crippen molar-refractivity contribution < 1.29 is 23.8 Å². The van der Waals surface area contributed by atoms with Crippen molar-refractivity contribution in [2.24, 2.45) is 0 Å². The lowest BCUT2D eigenvalue weighted by molar-refractivity contribution is -0.143. The van der Waals surface area contributed by atoms with E-state index in [1.807, 2.05) is 25.1 Å². The van der Waals surface area contributed by atoms with E-state index in [2.05, 4.69) is 5.32 Å². The number of aliphatic carboxylic acids is 1. The Kier molecular flexibility index (Phi) is 4.59. The molecule has 0 aliphatic heterocycles. The molecule has 1 aromatic carbocycles. The van der Waals surface area contributed by atoms with Gasteiger partial charge in [0.15, 0.2) is 6.04 Å². The minimum absolute atomic E-state index is 0.0591. The van der Waals surface area contributed by atoms with Crippen molar-refractivity contribution in [1.82, 2.24) is 5.32 Å². The van der Waals surface area contributed by atoms with E-state index < -0.39 is 12.0 Å². The van der Waals surface area contributed by atoms with Crippen LogP contribution in [0.25, 0.3) is 11.0 Å². The van der Waals surface area contributed by atoms with Crippen molar-refractivity contribution in [3.8, 4) is 0 Å². The van der Waals surface area contributed by atoms with Crippen LogP contribution >= 0.6 is 0 Å². The quantitative estimate of drug-likeness (QED) is 0.842. The molecule has 1 amide bonds. The molecule has 0 aliphatic carbocycles. The number of methoxy groups -OCH3 is 1. The van der Waals surface area contributed by atoms with Crippen molar-refractivity contribution in [1.29, 1.82) is 0 Å². The van der Waals surface area contributed by atoms with Crippen LogP contribution in [0.4, 0.5) is 0 Å². The maximum atomic E-state index is 11.9. The number of furan rings is 1. The highest BCUT2D eigenvalue weighted by molar-refractivity contribution is 5.89. The van der Waals surface area contributed by atoms with E-state index in [-0.39, 0.29) is 18.9 Å². The maximum Gasteiger partial charge on any atom is 0.328 e. The average Bonchev–Trinajstić information content (AvgIpc) is 2.80. The number of carboxylic acid groups (broad SMARTS) is 1. The molecule has 6 heteroatoms. The van der Waals surface area contributed by atoms with Gasteiger partial charge in [-0.3, -0.25) is 4.79 Å². The zero-order chi connectivity index (χ0) is 15.4. The van der Waals surface area contributed by atoms with Crippen LogP contribution < -0.4 is 5.32 Å². The SMILES string of the molecule is COCC(NC(=O)Cc1coc2cc(C)ccc12)C(=O)O. The van der Waals surface area contributed by atoms with Gasteiger partial charge in [-0.15, -0.1) is 0 Å². The predicted octanol–water partition coefficient (Wildman–Crippen LogP) is 1.50. The largest absolute Gasteiger partial charge is 0.480 e. The van der Waals surface area contributed by atoms with E-state index in [1.165, 1.54) is 13.4 Å². The lowest BCUT2D eigenvalue weighted by atomic mass is 10.1. The summed E-state index contributed by atoms with van der Waals surface area (Å²) in [6, 6.07) is 4.66. The predicted molar refractivity (Wildman–Crippen MR) is 76.1 cm³/mol. The van der Waals surface area contributed by atoms with Crippen molar-refractivity contribution in [3.05, 3.63) is 35.6 Å². The molecular weight excluding hydrogens is 274 g/mol. The molecule has 0 saturated heterocycles. The molecule has 1 atom stereocenters. The molecule has 1 unspecified atom stereocenters. The zero-order valence-corrected chi connectivity index (χ0v) is 11.9. The first-order valence-corrected chi connectivity index (χ1v) is 6.49. The van der Waals surface area contributed by atoms with Crippen LogP contribution in [0.2, 0.25) is 0 Å². The van der Waals surface area contributed by atoms with Gasteiger partial charge in [0.1, 0.15) is 5.58 Å². The first-order valence-electron chi connectivity index (χ1n) is 6.49. The number of amides is 1. The Morgan fingerprint density at radius 3 is 2.86 bits per heavy atom. The number of carbonyl (C=O) groups excluding carboxylic acids is 1. The highest BCUT2D eigenvalue weighted by Crippen LogP contribution is 2.22. The minimum Gasteiger partial charge on any atom is -0.480 e. The van der Waals surface area contributed by atoms with E-state index in [0.717, 1.165) is 16.5 Å². The molecule has 2 rings (SSSR count). The standard InChI is InChI=1S/C15H17NO5/c1-9-3-4-11-10(7-21-13(11)5-9)6-14(17)16-12(8-20-2)15(18)19/h3-5,7,12H,6,8H2,1-2H3,(H,16,17)(H,18,19). The number of hydrogen-bond donors (Lipinski definition) is 2. The summed E-state index contributed by atoms with van der Waals surface area (Å²) in [5, 5.41) is 12.3. The molecule has 0 radical (unpaired) electrons. The van der Waals surface area contributed by atoms with Crippen LogP contribution in [0, 0.1) is 6.92 Å². The van der Waals surface area contributed by atoms with Crippen LogP contribution in [-0.2, 0) is 20.7 Å². The van der Waals surface area contributed by atoms with Crippen molar-refractivity contribution >= 4 is 22.8 Å². The zero-order valence-electron chi connectivity index (χ0n) is 11.9. The molecule has 21 heavy (non-hydrogen) atoms. The number of hydrogen-bond acceptors (Lipinski definition) is 4. The third-order valence-corrected chi connectivity index (χ3v) is 3.13. The fourth-order valence-electron chi connectivity index (χ4n) is 2.09. The van der Waals surface area contributed by atoms with Crippen molar-refractivity contribution in [2.45, 2.75) is 19.4 Å². The third kappa shape index (κ3) is 3.61. The fourth-order valence-corrected chi connectivity index (χ4v) is 2.09. The number of rotatable bonds is 6. The fraction of sp³-hybridized carbons (Fsp3) is 0.333. The molecule has 6 nitrogen and oxygen atoms in total. The number of benzene rings is 1. The Balaban J connectivity index is 2.09. The summed E-state index contributed by atoms with van der Waals surface area (Å²) in [5.41, 5.74) is 2.51. The highest BCUT2D eigenvalue weighted by atomic mass is 16.5. The van der Waals surface area contributed by atoms with Gasteiger partial charge in [0.05, 0.1) is 19.3 Å². The van der Waals surface area contributed by atoms with Crippen molar-refractivity contribution in [3.63, 3.8) is 0 Å². The Labute approximate surface area is 121 Å². The van der Waals surface area contributed by atoms with Gasteiger partial charge in [0.2, 0.25) is 5.91 Å². The molecule has 2 N–H and O–H groups in total. The summed E-state index contributed by atoms with van der Waals surface area (Å²) in [4.78, 5) is 22.9. The Morgan fingerprint density at radius 2 is 2.19 bits per heavy atom. The van der Waals surface area contributed by atoms with Crippen LogP contribution in [-0.4, -0.2) is 36.7 Å². The van der Waals surface area contributed by atoms with Crippen molar-refractivity contribution in [2.75, 3.05) is 13.7 Å². The smallest absolute Gasteiger partial charge is 0.328 e. The Hall–Kier alpha value is -2.34. The molecule has 0 fully saturated rings. The van der Waals surface area contributed by atoms with E-state index in [4.69, 9.17) is 14.3 Å². The third-order valence-electron chi connectivity index (χ3n) is 3.13. The molecule has 0 aliphatic rings. The molecule has 0 spiro atoms. The topological polar surface area (TPSA) is 88.8 Å². The lowest BCUT2D eigenvalue weighted by Gasteiger charge is -2.13. The summed E-state index contributed by atoms with van der Waals surface area (Å²) in [7, 11) is 1.38. The van der Waals surface area contributed by atoms with Crippen LogP contribution in [0.1, 0.15) is 11.1 Å². The summed E-state index contributed by atoms with van der Waals surface area (Å²) < 4.78 is 10.2. The van der Waals surface area contributed by atoms with Gasteiger partial charge in [0, 0.05) is 18.1 Å². The van der Waals surface area contributed by atoms with Gasteiger partial charge in [-0.25, -0.2) is 4.79 Å². The van der Waals surface area contributed by atoms with E-state index in [0.29, 0.717) is 5.58 Å². The first-order chi connectivity index (χ1) is 10.0. The van der Waals surface area contributed by atoms with Crippen LogP contribution in [0.5, 0.6) is 0 Å². The summed E-state index contributed by atoms with van der Waals surface area (Å²) in [6.07, 6.45) is 1.58. The molecule has 0 bridgehead atoms. The number of ether oxygens (including phenoxy) is 1. The Morgan fingerprint density at radius 1 is 1.43 bits per heavy atom. The molecule has 2 aromatic rings. The number of nitrogens with one attached hydrogen (secondary N) is 1. The van der Waals surface area contributed by atoms with Gasteiger partial charge in [-0.2, -0.15) is 0 Å². The molecule has 1 heterocycles. The van der Waals surface area contributed by atoms with Gasteiger partial charge in [-0.1, -0.05) is 12.1 Å². The molecule has 1 aromatic heterocycles. The number of fused-ring (bicyclic) bond motifs is 1. The highest BCUT2D eigenvalue weighted by Gasteiger charge is 2.20. The second kappa shape index (κ2) is 6.41. The number of aryl methyl sites for hydroxylation is 1. The maximum absolute atomic E-state index is 11.9. The van der Waals surface area contributed by atoms with Crippen LogP contribution in [0.15, 0.2) is 28.9 Å². The average molecular weight is 291 g/mol. The lowest BCUT2D eigenvalue weighted by Crippen LogP contribution is -2.44. The van der Waals surface area contributed by atoms with E-state index in [9.17, 15) is 9.59 Å².